The smallest absolute Gasteiger partial charge is 0.412 e. The second kappa shape index (κ2) is 8.66. The number of nitrogens with zero attached hydrogens (tertiary/aromatic N) is 1. The molecule has 0 aliphatic heterocycles. The van der Waals surface area contributed by atoms with E-state index in [2.05, 4.69) is 22.6 Å². The number of anilines is 1. The van der Waals surface area contributed by atoms with E-state index in [9.17, 15) is 4.79 Å². The third kappa shape index (κ3) is 4.25. The van der Waals surface area contributed by atoms with Gasteiger partial charge in [0.25, 0.3) is 0 Å². The molecule has 30 heavy (non-hydrogen) atoms. The standard InChI is InChI=1S/C25H22N2O3/c1-17-23(26-25(28)29-18(2)19-9-5-3-6-10-19)24(30-27-17)22-15-13-21(14-16-22)20-11-7-4-8-12-20/h3-16,18H,1-2H3,(H,26,28)/t18-/m1/s1. The van der Waals surface area contributed by atoms with Gasteiger partial charge in [0.05, 0.1) is 0 Å². The van der Waals surface area contributed by atoms with Crippen LogP contribution in [-0.2, 0) is 4.74 Å². The van der Waals surface area contributed by atoms with Gasteiger partial charge < -0.3 is 9.26 Å². The molecular weight excluding hydrogens is 376 g/mol. The van der Waals surface area contributed by atoms with Gasteiger partial charge in [-0.2, -0.15) is 0 Å². The van der Waals surface area contributed by atoms with Gasteiger partial charge in [0.15, 0.2) is 5.76 Å². The van der Waals surface area contributed by atoms with Crippen molar-refractivity contribution in [3.8, 4) is 22.5 Å². The SMILES string of the molecule is Cc1noc(-c2ccc(-c3ccccc3)cc2)c1NC(=O)O[C@H](C)c1ccccc1. The molecule has 0 radical (unpaired) electrons. The summed E-state index contributed by atoms with van der Waals surface area (Å²) in [6, 6.07) is 27.6. The molecule has 1 aromatic heterocycles. The third-order valence-electron chi connectivity index (χ3n) is 4.90. The molecule has 3 aromatic carbocycles. The zero-order valence-electron chi connectivity index (χ0n) is 16.8. The van der Waals surface area contributed by atoms with Crippen LogP contribution in [0.1, 0.15) is 24.3 Å². The summed E-state index contributed by atoms with van der Waals surface area (Å²) in [6.07, 6.45) is -0.931. The molecule has 1 heterocycles. The summed E-state index contributed by atoms with van der Waals surface area (Å²) in [7, 11) is 0. The fourth-order valence-corrected chi connectivity index (χ4v) is 3.24. The molecule has 150 valence electrons. The van der Waals surface area contributed by atoms with E-state index in [-0.39, 0.29) is 6.10 Å². The number of hydrogen-bond donors (Lipinski definition) is 1. The Morgan fingerprint density at radius 3 is 2.10 bits per heavy atom. The predicted octanol–water partition coefficient (Wildman–Crippen LogP) is 6.63. The number of benzene rings is 3. The fourth-order valence-electron chi connectivity index (χ4n) is 3.24. The first-order valence-electron chi connectivity index (χ1n) is 9.76. The van der Waals surface area contributed by atoms with E-state index in [1.54, 1.807) is 6.92 Å². The molecule has 0 fully saturated rings. The number of aromatic nitrogens is 1. The lowest BCUT2D eigenvalue weighted by Crippen LogP contribution is -2.16. The minimum atomic E-state index is -0.556. The first-order valence-corrected chi connectivity index (χ1v) is 9.76. The van der Waals surface area contributed by atoms with Crippen molar-refractivity contribution >= 4 is 11.8 Å². The first kappa shape index (κ1) is 19.5. The topological polar surface area (TPSA) is 64.4 Å². The number of hydrogen-bond acceptors (Lipinski definition) is 4. The van der Waals surface area contributed by atoms with Crippen molar-refractivity contribution in [3.05, 3.63) is 96.2 Å². The van der Waals surface area contributed by atoms with Crippen LogP contribution in [-0.4, -0.2) is 11.2 Å². The average Bonchev–Trinajstić information content (AvgIpc) is 3.15. The molecule has 5 heteroatoms. The van der Waals surface area contributed by atoms with E-state index in [1.807, 2.05) is 79.7 Å². The van der Waals surface area contributed by atoms with Crippen LogP contribution < -0.4 is 5.32 Å². The van der Waals surface area contributed by atoms with Crippen LogP contribution >= 0.6 is 0 Å². The van der Waals surface area contributed by atoms with Crippen LogP contribution in [0.15, 0.2) is 89.5 Å². The maximum absolute atomic E-state index is 12.5. The highest BCUT2D eigenvalue weighted by Crippen LogP contribution is 2.33. The lowest BCUT2D eigenvalue weighted by Gasteiger charge is -2.14. The highest BCUT2D eigenvalue weighted by Gasteiger charge is 2.19. The van der Waals surface area contributed by atoms with Gasteiger partial charge in [0.1, 0.15) is 17.5 Å². The Kier molecular flexibility index (Phi) is 5.61. The molecule has 1 atom stereocenters. The molecule has 0 saturated carbocycles. The number of nitrogens with one attached hydrogen (secondary N) is 1. The molecule has 1 amide bonds. The molecule has 5 nitrogen and oxygen atoms in total. The number of carbonyl (C=O) groups is 1. The van der Waals surface area contributed by atoms with Crippen LogP contribution in [0.5, 0.6) is 0 Å². The van der Waals surface area contributed by atoms with Crippen molar-refractivity contribution in [2.75, 3.05) is 5.32 Å². The predicted molar refractivity (Wildman–Crippen MR) is 117 cm³/mol. The molecule has 4 rings (SSSR count). The highest BCUT2D eigenvalue weighted by molar-refractivity contribution is 5.91. The summed E-state index contributed by atoms with van der Waals surface area (Å²) in [5, 5.41) is 6.81. The van der Waals surface area contributed by atoms with Gasteiger partial charge in [-0.3, -0.25) is 5.32 Å². The zero-order valence-corrected chi connectivity index (χ0v) is 16.8. The van der Waals surface area contributed by atoms with Gasteiger partial charge >= 0.3 is 6.09 Å². The van der Waals surface area contributed by atoms with Crippen molar-refractivity contribution in [1.29, 1.82) is 0 Å². The Morgan fingerprint density at radius 2 is 1.43 bits per heavy atom. The third-order valence-corrected chi connectivity index (χ3v) is 4.90. The van der Waals surface area contributed by atoms with Crippen LogP contribution in [0.3, 0.4) is 0 Å². The molecule has 0 aliphatic rings. The summed E-state index contributed by atoms with van der Waals surface area (Å²) >= 11 is 0. The molecule has 0 bridgehead atoms. The Bertz CT molecular complexity index is 1120. The van der Waals surface area contributed by atoms with Crippen molar-refractivity contribution in [2.24, 2.45) is 0 Å². The maximum atomic E-state index is 12.5. The second-order valence-corrected chi connectivity index (χ2v) is 7.00. The van der Waals surface area contributed by atoms with E-state index in [0.717, 1.165) is 22.3 Å². The Morgan fingerprint density at radius 1 is 0.867 bits per heavy atom. The quantitative estimate of drug-likeness (QED) is 0.410. The molecule has 0 saturated heterocycles. The van der Waals surface area contributed by atoms with Crippen molar-refractivity contribution in [3.63, 3.8) is 0 Å². The maximum Gasteiger partial charge on any atom is 0.412 e. The summed E-state index contributed by atoms with van der Waals surface area (Å²) < 4.78 is 11.0. The van der Waals surface area contributed by atoms with E-state index in [0.29, 0.717) is 17.1 Å². The highest BCUT2D eigenvalue weighted by atomic mass is 16.6. The van der Waals surface area contributed by atoms with Crippen molar-refractivity contribution < 1.29 is 14.1 Å². The normalized spacial score (nSPS) is 11.7. The summed E-state index contributed by atoms with van der Waals surface area (Å²) in [5.74, 6) is 0.497. The van der Waals surface area contributed by atoms with Gasteiger partial charge in [0, 0.05) is 5.56 Å². The Hall–Kier alpha value is -3.86. The lowest BCUT2D eigenvalue weighted by molar-refractivity contribution is 0.121. The van der Waals surface area contributed by atoms with Crippen molar-refractivity contribution in [1.82, 2.24) is 5.16 Å². The number of ether oxygens (including phenoxy) is 1. The summed E-state index contributed by atoms with van der Waals surface area (Å²) in [5.41, 5.74) is 5.07. The molecule has 0 aliphatic carbocycles. The minimum absolute atomic E-state index is 0.375. The fraction of sp³-hybridized carbons (Fsp3) is 0.120. The van der Waals surface area contributed by atoms with Crippen LogP contribution in [0.25, 0.3) is 22.5 Å². The van der Waals surface area contributed by atoms with E-state index >= 15 is 0 Å². The Balaban J connectivity index is 1.51. The van der Waals surface area contributed by atoms with Gasteiger partial charge in [-0.15, -0.1) is 0 Å². The van der Waals surface area contributed by atoms with Gasteiger partial charge in [0.2, 0.25) is 0 Å². The van der Waals surface area contributed by atoms with Gasteiger partial charge in [-0.1, -0.05) is 90.1 Å². The molecule has 0 spiro atoms. The van der Waals surface area contributed by atoms with E-state index in [4.69, 9.17) is 9.26 Å². The molecule has 0 unspecified atom stereocenters. The second-order valence-electron chi connectivity index (χ2n) is 7.00. The van der Waals surface area contributed by atoms with E-state index in [1.165, 1.54) is 0 Å². The van der Waals surface area contributed by atoms with Gasteiger partial charge in [-0.25, -0.2) is 4.79 Å². The van der Waals surface area contributed by atoms with Crippen LogP contribution in [0, 0.1) is 6.92 Å². The van der Waals surface area contributed by atoms with Crippen LogP contribution in [0.2, 0.25) is 0 Å². The monoisotopic (exact) mass is 398 g/mol. The average molecular weight is 398 g/mol. The van der Waals surface area contributed by atoms with Crippen LogP contribution in [0.4, 0.5) is 10.5 Å². The van der Waals surface area contributed by atoms with Crippen molar-refractivity contribution in [2.45, 2.75) is 20.0 Å². The number of rotatable bonds is 5. The lowest BCUT2D eigenvalue weighted by atomic mass is 10.0. The molecule has 4 aromatic rings. The summed E-state index contributed by atoms with van der Waals surface area (Å²) in [6.45, 7) is 3.61. The summed E-state index contributed by atoms with van der Waals surface area (Å²) in [4.78, 5) is 12.5. The first-order chi connectivity index (χ1) is 14.6. The minimum Gasteiger partial charge on any atom is -0.441 e. The zero-order chi connectivity index (χ0) is 20.9. The Labute approximate surface area is 175 Å². The van der Waals surface area contributed by atoms with E-state index < -0.39 is 6.09 Å². The largest absolute Gasteiger partial charge is 0.441 e. The molecular formula is C25H22N2O3. The number of carbonyl (C=O) groups excluding carboxylic acids is 1. The number of amides is 1. The molecule has 1 N–H and O–H groups in total. The number of aryl methyl sites for hydroxylation is 1. The van der Waals surface area contributed by atoms with Gasteiger partial charge in [-0.05, 0) is 30.5 Å².